The van der Waals surface area contributed by atoms with Crippen LogP contribution in [0.1, 0.15) is 43.9 Å². The van der Waals surface area contributed by atoms with Crippen LogP contribution in [0.3, 0.4) is 0 Å². The van der Waals surface area contributed by atoms with Crippen LogP contribution in [-0.2, 0) is 16.6 Å². The topological polar surface area (TPSA) is 38.3 Å². The Morgan fingerprint density at radius 1 is 1.16 bits per heavy atom. The zero-order chi connectivity index (χ0) is 18.4. The normalized spacial score (nSPS) is 12.5. The summed E-state index contributed by atoms with van der Waals surface area (Å²) in [6.07, 6.45) is 1.28. The highest BCUT2D eigenvalue weighted by molar-refractivity contribution is 5.79. The van der Waals surface area contributed by atoms with Gasteiger partial charge in [-0.25, -0.2) is 0 Å². The molecule has 0 radical (unpaired) electrons. The molecular formula is C22H29NO2. The summed E-state index contributed by atoms with van der Waals surface area (Å²) in [5, 5.41) is 3.13. The molecule has 2 aromatic carbocycles. The highest BCUT2D eigenvalue weighted by Crippen LogP contribution is 2.28. The molecule has 0 aliphatic carbocycles. The van der Waals surface area contributed by atoms with Gasteiger partial charge in [-0.05, 0) is 48.4 Å². The van der Waals surface area contributed by atoms with Gasteiger partial charge in [-0.3, -0.25) is 4.79 Å². The Kier molecular flexibility index (Phi) is 6.24. The number of rotatable bonds is 7. The highest BCUT2D eigenvalue weighted by atomic mass is 16.5. The maximum Gasteiger partial charge on any atom is 0.224 e. The molecule has 134 valence electrons. The number of hydrogen-bond donors (Lipinski definition) is 1. The van der Waals surface area contributed by atoms with E-state index in [9.17, 15) is 4.79 Å². The van der Waals surface area contributed by atoms with E-state index in [0.717, 1.165) is 23.3 Å². The van der Waals surface area contributed by atoms with Crippen LogP contribution in [-0.4, -0.2) is 19.1 Å². The Labute approximate surface area is 151 Å². The molecule has 3 nitrogen and oxygen atoms in total. The molecule has 0 spiro atoms. The molecule has 1 atom stereocenters. The van der Waals surface area contributed by atoms with Crippen molar-refractivity contribution >= 4 is 5.91 Å². The summed E-state index contributed by atoms with van der Waals surface area (Å²) >= 11 is 0. The summed E-state index contributed by atoms with van der Waals surface area (Å²) in [7, 11) is 1.66. The minimum absolute atomic E-state index is 0.0185. The SMILES string of the molecule is COc1ccc(CC(=O)NC(C)CC(C)(C)c2ccccc2)cc1C. The number of nitrogens with one attached hydrogen (secondary N) is 1. The molecule has 2 aromatic rings. The van der Waals surface area contributed by atoms with Crippen LogP contribution in [0.5, 0.6) is 5.75 Å². The maximum atomic E-state index is 12.4. The van der Waals surface area contributed by atoms with Crippen LogP contribution in [0.4, 0.5) is 0 Å². The van der Waals surface area contributed by atoms with E-state index in [1.807, 2.05) is 31.2 Å². The van der Waals surface area contributed by atoms with Crippen molar-refractivity contribution in [3.63, 3.8) is 0 Å². The first-order valence-electron chi connectivity index (χ1n) is 8.80. The lowest BCUT2D eigenvalue weighted by Gasteiger charge is -2.29. The van der Waals surface area contributed by atoms with E-state index in [1.165, 1.54) is 5.56 Å². The van der Waals surface area contributed by atoms with Crippen LogP contribution in [0.15, 0.2) is 48.5 Å². The van der Waals surface area contributed by atoms with Gasteiger partial charge >= 0.3 is 0 Å². The Morgan fingerprint density at radius 2 is 1.84 bits per heavy atom. The fraction of sp³-hybridized carbons (Fsp3) is 0.409. The summed E-state index contributed by atoms with van der Waals surface area (Å²) in [6.45, 7) is 8.50. The number of aryl methyl sites for hydroxylation is 1. The van der Waals surface area contributed by atoms with Gasteiger partial charge in [0.2, 0.25) is 5.91 Å². The van der Waals surface area contributed by atoms with Gasteiger partial charge in [-0.1, -0.05) is 56.3 Å². The van der Waals surface area contributed by atoms with Gasteiger partial charge < -0.3 is 10.1 Å². The molecule has 3 heteroatoms. The second-order valence-electron chi connectivity index (χ2n) is 7.40. The van der Waals surface area contributed by atoms with Gasteiger partial charge in [0.1, 0.15) is 5.75 Å². The number of carbonyl (C=O) groups is 1. The summed E-state index contributed by atoms with van der Waals surface area (Å²) in [6, 6.07) is 16.4. The van der Waals surface area contributed by atoms with Gasteiger partial charge in [-0.15, -0.1) is 0 Å². The minimum Gasteiger partial charge on any atom is -0.496 e. The van der Waals surface area contributed by atoms with E-state index in [0.29, 0.717) is 6.42 Å². The van der Waals surface area contributed by atoms with E-state index < -0.39 is 0 Å². The van der Waals surface area contributed by atoms with Crippen molar-refractivity contribution in [1.82, 2.24) is 5.32 Å². The number of benzene rings is 2. The molecular weight excluding hydrogens is 310 g/mol. The van der Waals surface area contributed by atoms with E-state index in [1.54, 1.807) is 7.11 Å². The Balaban J connectivity index is 1.93. The average Bonchev–Trinajstić information content (AvgIpc) is 2.55. The molecule has 0 saturated heterocycles. The standard InChI is InChI=1S/C22H29NO2/c1-16-13-18(11-12-20(16)25-5)14-21(24)23-17(2)15-22(3,4)19-9-7-6-8-10-19/h6-13,17H,14-15H2,1-5H3,(H,23,24). The summed E-state index contributed by atoms with van der Waals surface area (Å²) < 4.78 is 5.27. The van der Waals surface area contributed by atoms with Crippen molar-refractivity contribution in [2.75, 3.05) is 7.11 Å². The molecule has 25 heavy (non-hydrogen) atoms. The molecule has 0 bridgehead atoms. The van der Waals surface area contributed by atoms with Crippen molar-refractivity contribution in [1.29, 1.82) is 0 Å². The van der Waals surface area contributed by atoms with E-state index >= 15 is 0 Å². The number of methoxy groups -OCH3 is 1. The minimum atomic E-state index is 0.0185. The molecule has 1 amide bonds. The van der Waals surface area contributed by atoms with Crippen LogP contribution in [0.25, 0.3) is 0 Å². The number of ether oxygens (including phenoxy) is 1. The molecule has 0 heterocycles. The number of carbonyl (C=O) groups excluding carboxylic acids is 1. The van der Waals surface area contributed by atoms with Gasteiger partial charge in [0.05, 0.1) is 13.5 Å². The molecule has 1 N–H and O–H groups in total. The number of hydrogen-bond acceptors (Lipinski definition) is 2. The van der Waals surface area contributed by atoms with Gasteiger partial charge in [0.15, 0.2) is 0 Å². The predicted molar refractivity (Wildman–Crippen MR) is 103 cm³/mol. The molecule has 0 fully saturated rings. The average molecular weight is 339 g/mol. The molecule has 2 rings (SSSR count). The first kappa shape index (κ1) is 19.0. The number of amides is 1. The molecule has 0 aliphatic rings. The van der Waals surface area contributed by atoms with Crippen LogP contribution < -0.4 is 10.1 Å². The lowest BCUT2D eigenvalue weighted by Crippen LogP contribution is -2.38. The first-order valence-corrected chi connectivity index (χ1v) is 8.80. The fourth-order valence-corrected chi connectivity index (χ4v) is 3.39. The zero-order valence-electron chi connectivity index (χ0n) is 15.9. The van der Waals surface area contributed by atoms with Gasteiger partial charge in [-0.2, -0.15) is 0 Å². The monoisotopic (exact) mass is 339 g/mol. The third kappa shape index (κ3) is 5.35. The molecule has 0 saturated carbocycles. The molecule has 1 unspecified atom stereocenters. The first-order chi connectivity index (χ1) is 11.8. The van der Waals surface area contributed by atoms with Crippen LogP contribution >= 0.6 is 0 Å². The fourth-order valence-electron chi connectivity index (χ4n) is 3.39. The highest BCUT2D eigenvalue weighted by Gasteiger charge is 2.24. The van der Waals surface area contributed by atoms with Crippen molar-refractivity contribution in [2.24, 2.45) is 0 Å². The molecule has 0 aromatic heterocycles. The lowest BCUT2D eigenvalue weighted by atomic mass is 9.79. The zero-order valence-corrected chi connectivity index (χ0v) is 15.9. The van der Waals surface area contributed by atoms with Crippen molar-refractivity contribution in [2.45, 2.75) is 52.0 Å². The van der Waals surface area contributed by atoms with Gasteiger partial charge in [0, 0.05) is 6.04 Å². The summed E-state index contributed by atoms with van der Waals surface area (Å²) in [5.74, 6) is 0.906. The predicted octanol–water partition coefficient (Wildman–Crippen LogP) is 4.42. The smallest absolute Gasteiger partial charge is 0.224 e. The summed E-state index contributed by atoms with van der Waals surface area (Å²) in [4.78, 5) is 12.4. The van der Waals surface area contributed by atoms with E-state index in [4.69, 9.17) is 4.74 Å². The second kappa shape index (κ2) is 8.19. The van der Waals surface area contributed by atoms with Crippen molar-refractivity contribution < 1.29 is 9.53 Å². The van der Waals surface area contributed by atoms with E-state index in [2.05, 4.69) is 50.4 Å². The van der Waals surface area contributed by atoms with Crippen molar-refractivity contribution in [3.05, 3.63) is 65.2 Å². The Hall–Kier alpha value is -2.29. The lowest BCUT2D eigenvalue weighted by molar-refractivity contribution is -0.121. The second-order valence-corrected chi connectivity index (χ2v) is 7.40. The van der Waals surface area contributed by atoms with Crippen LogP contribution in [0, 0.1) is 6.92 Å². The Morgan fingerprint density at radius 3 is 2.44 bits per heavy atom. The van der Waals surface area contributed by atoms with Gasteiger partial charge in [0.25, 0.3) is 0 Å². The Bertz CT molecular complexity index is 707. The third-order valence-electron chi connectivity index (χ3n) is 4.60. The van der Waals surface area contributed by atoms with Crippen molar-refractivity contribution in [3.8, 4) is 5.75 Å². The largest absolute Gasteiger partial charge is 0.496 e. The molecule has 0 aliphatic heterocycles. The van der Waals surface area contributed by atoms with Crippen LogP contribution in [0.2, 0.25) is 0 Å². The maximum absolute atomic E-state index is 12.4. The third-order valence-corrected chi connectivity index (χ3v) is 4.60. The summed E-state index contributed by atoms with van der Waals surface area (Å²) in [5.41, 5.74) is 3.36. The van der Waals surface area contributed by atoms with E-state index in [-0.39, 0.29) is 17.4 Å². The quantitative estimate of drug-likeness (QED) is 0.811.